The van der Waals surface area contributed by atoms with Crippen LogP contribution in [0.25, 0.3) is 0 Å². The standard InChI is InChI=1S/C28H30FN5O6S/c1-40-22-6-8-23(9-7-22)41(38,39)34-15-12-21(32-27(36)19-10-13-31-14-11-19)17-25(34)28(37)33-24(26(30)35)16-18-2-4-20(29)5-3-18/h2-11,13-14,21,24-25H,12,15-17H2,1H3,(H2,30,35)(H,32,36)(H,33,37)/t21-,24-,25-/m0/s1. The number of sulfonamides is 1. The van der Waals surface area contributed by atoms with Gasteiger partial charge >= 0.3 is 0 Å². The van der Waals surface area contributed by atoms with Gasteiger partial charge in [-0.1, -0.05) is 12.1 Å². The van der Waals surface area contributed by atoms with Gasteiger partial charge in [-0.2, -0.15) is 4.31 Å². The van der Waals surface area contributed by atoms with Crippen molar-refractivity contribution in [2.75, 3.05) is 13.7 Å². The molecule has 216 valence electrons. The van der Waals surface area contributed by atoms with Gasteiger partial charge in [0.15, 0.2) is 0 Å². The molecule has 1 aromatic heterocycles. The first-order valence-corrected chi connectivity index (χ1v) is 14.2. The summed E-state index contributed by atoms with van der Waals surface area (Å²) in [5, 5.41) is 5.43. The quantitative estimate of drug-likeness (QED) is 0.325. The van der Waals surface area contributed by atoms with Gasteiger partial charge in [0.05, 0.1) is 12.0 Å². The minimum absolute atomic E-state index is 0.0263. The molecule has 3 amide bonds. The summed E-state index contributed by atoms with van der Waals surface area (Å²) < 4.78 is 46.9. The number of ether oxygens (including phenoxy) is 1. The fourth-order valence-electron chi connectivity index (χ4n) is 4.60. The Morgan fingerprint density at radius 1 is 1.07 bits per heavy atom. The van der Waals surface area contributed by atoms with Crippen molar-refractivity contribution in [3.63, 3.8) is 0 Å². The highest BCUT2D eigenvalue weighted by atomic mass is 32.2. The van der Waals surface area contributed by atoms with E-state index >= 15 is 0 Å². The summed E-state index contributed by atoms with van der Waals surface area (Å²) >= 11 is 0. The van der Waals surface area contributed by atoms with Crippen molar-refractivity contribution < 1.29 is 31.9 Å². The second-order valence-corrected chi connectivity index (χ2v) is 11.4. The van der Waals surface area contributed by atoms with E-state index in [-0.39, 0.29) is 30.7 Å². The van der Waals surface area contributed by atoms with Crippen molar-refractivity contribution in [3.8, 4) is 5.75 Å². The van der Waals surface area contributed by atoms with Gasteiger partial charge < -0.3 is 21.1 Å². The molecule has 41 heavy (non-hydrogen) atoms. The number of halogens is 1. The number of nitrogens with one attached hydrogen (secondary N) is 2. The number of piperidine rings is 1. The smallest absolute Gasteiger partial charge is 0.251 e. The van der Waals surface area contributed by atoms with E-state index in [0.29, 0.717) is 16.9 Å². The Morgan fingerprint density at radius 3 is 2.34 bits per heavy atom. The summed E-state index contributed by atoms with van der Waals surface area (Å²) in [6, 6.07) is 11.2. The lowest BCUT2D eigenvalue weighted by Gasteiger charge is -2.38. The molecule has 2 aromatic carbocycles. The third-order valence-corrected chi connectivity index (χ3v) is 8.74. The lowest BCUT2D eigenvalue weighted by Crippen LogP contribution is -2.59. The summed E-state index contributed by atoms with van der Waals surface area (Å²) in [5.41, 5.74) is 6.46. The van der Waals surface area contributed by atoms with E-state index < -0.39 is 51.7 Å². The van der Waals surface area contributed by atoms with Gasteiger partial charge in [0.2, 0.25) is 21.8 Å². The molecule has 1 aliphatic rings. The molecule has 4 rings (SSSR count). The number of benzene rings is 2. The van der Waals surface area contributed by atoms with E-state index in [4.69, 9.17) is 10.5 Å². The molecule has 13 heteroatoms. The first-order chi connectivity index (χ1) is 19.6. The van der Waals surface area contributed by atoms with E-state index in [2.05, 4.69) is 15.6 Å². The van der Waals surface area contributed by atoms with Gasteiger partial charge in [-0.05, 0) is 66.9 Å². The molecular formula is C28H30FN5O6S. The molecule has 3 aromatic rings. The molecule has 1 fully saturated rings. The number of nitrogens with two attached hydrogens (primary N) is 1. The number of primary amides is 1. The predicted octanol–water partition coefficient (Wildman–Crippen LogP) is 1.39. The minimum atomic E-state index is -4.17. The zero-order chi connectivity index (χ0) is 29.6. The number of nitrogens with zero attached hydrogens (tertiary/aromatic N) is 2. The van der Waals surface area contributed by atoms with Crippen LogP contribution >= 0.6 is 0 Å². The third-order valence-electron chi connectivity index (χ3n) is 6.81. The third kappa shape index (κ3) is 7.24. The molecule has 0 saturated carbocycles. The minimum Gasteiger partial charge on any atom is -0.497 e. The monoisotopic (exact) mass is 583 g/mol. The fourth-order valence-corrected chi connectivity index (χ4v) is 6.22. The number of carbonyl (C=O) groups is 3. The van der Waals surface area contributed by atoms with Gasteiger partial charge in [0.25, 0.3) is 5.91 Å². The molecule has 1 aliphatic heterocycles. The van der Waals surface area contributed by atoms with Crippen LogP contribution in [0, 0.1) is 5.82 Å². The van der Waals surface area contributed by atoms with Crippen molar-refractivity contribution >= 4 is 27.7 Å². The SMILES string of the molecule is COc1ccc(S(=O)(=O)N2CC[C@H](NC(=O)c3ccncc3)C[C@H]2C(=O)N[C@@H](Cc2ccc(F)cc2)C(N)=O)cc1. The van der Waals surface area contributed by atoms with Gasteiger partial charge in [0, 0.05) is 37.0 Å². The highest BCUT2D eigenvalue weighted by Crippen LogP contribution is 2.27. The topological polar surface area (TPSA) is 161 Å². The second kappa shape index (κ2) is 12.9. The number of hydrogen-bond donors (Lipinski definition) is 3. The number of pyridine rings is 1. The molecule has 0 spiro atoms. The van der Waals surface area contributed by atoms with Gasteiger partial charge in [-0.3, -0.25) is 19.4 Å². The van der Waals surface area contributed by atoms with Crippen LogP contribution in [0.15, 0.2) is 78.0 Å². The number of amides is 3. The van der Waals surface area contributed by atoms with Crippen LogP contribution in [0.2, 0.25) is 0 Å². The average molecular weight is 584 g/mol. The van der Waals surface area contributed by atoms with Crippen molar-refractivity contribution in [2.45, 2.75) is 42.3 Å². The molecule has 1 saturated heterocycles. The van der Waals surface area contributed by atoms with Gasteiger partial charge in [0.1, 0.15) is 23.7 Å². The summed E-state index contributed by atoms with van der Waals surface area (Å²) in [6.45, 7) is -0.0764. The van der Waals surface area contributed by atoms with Crippen molar-refractivity contribution in [1.29, 1.82) is 0 Å². The summed E-state index contributed by atoms with van der Waals surface area (Å²) in [7, 11) is -2.71. The van der Waals surface area contributed by atoms with Crippen LogP contribution in [-0.4, -0.2) is 67.2 Å². The summed E-state index contributed by atoms with van der Waals surface area (Å²) in [4.78, 5) is 42.5. The number of rotatable bonds is 10. The number of hydrogen-bond acceptors (Lipinski definition) is 7. The lowest BCUT2D eigenvalue weighted by atomic mass is 9.97. The molecule has 0 unspecified atom stereocenters. The summed E-state index contributed by atoms with van der Waals surface area (Å²) in [5.74, 6) is -1.99. The molecule has 3 atom stereocenters. The normalized spacial score (nSPS) is 18.2. The zero-order valence-electron chi connectivity index (χ0n) is 22.2. The molecule has 0 aliphatic carbocycles. The molecule has 11 nitrogen and oxygen atoms in total. The Morgan fingerprint density at radius 2 is 1.73 bits per heavy atom. The molecular weight excluding hydrogens is 553 g/mol. The lowest BCUT2D eigenvalue weighted by molar-refractivity contribution is -0.130. The Bertz CT molecular complexity index is 1490. The Labute approximate surface area is 236 Å². The van der Waals surface area contributed by atoms with Crippen molar-refractivity contribution in [2.24, 2.45) is 5.73 Å². The summed E-state index contributed by atoms with van der Waals surface area (Å²) in [6.07, 6.45) is 3.10. The van der Waals surface area contributed by atoms with E-state index in [0.717, 1.165) is 4.31 Å². The van der Waals surface area contributed by atoms with Crippen LogP contribution in [-0.2, 0) is 26.0 Å². The average Bonchev–Trinajstić information content (AvgIpc) is 2.98. The Hall–Kier alpha value is -4.36. The van der Waals surface area contributed by atoms with Crippen LogP contribution in [0.5, 0.6) is 5.75 Å². The maximum absolute atomic E-state index is 13.7. The highest BCUT2D eigenvalue weighted by Gasteiger charge is 2.42. The van der Waals surface area contributed by atoms with Crippen molar-refractivity contribution in [3.05, 3.63) is 90.0 Å². The Kier molecular flexibility index (Phi) is 9.30. The van der Waals surface area contributed by atoms with Crippen LogP contribution in [0.4, 0.5) is 4.39 Å². The van der Waals surface area contributed by atoms with Gasteiger partial charge in [-0.25, -0.2) is 12.8 Å². The first-order valence-electron chi connectivity index (χ1n) is 12.8. The van der Waals surface area contributed by atoms with Gasteiger partial charge in [-0.15, -0.1) is 0 Å². The van der Waals surface area contributed by atoms with E-state index in [1.165, 1.54) is 80.2 Å². The largest absolute Gasteiger partial charge is 0.497 e. The van der Waals surface area contributed by atoms with E-state index in [9.17, 15) is 27.2 Å². The predicted molar refractivity (Wildman–Crippen MR) is 147 cm³/mol. The van der Waals surface area contributed by atoms with Crippen LogP contribution in [0.1, 0.15) is 28.8 Å². The zero-order valence-corrected chi connectivity index (χ0v) is 23.0. The fraction of sp³-hybridized carbons (Fsp3) is 0.286. The van der Waals surface area contributed by atoms with E-state index in [1.54, 1.807) is 0 Å². The highest BCUT2D eigenvalue weighted by molar-refractivity contribution is 7.89. The van der Waals surface area contributed by atoms with Crippen LogP contribution in [0.3, 0.4) is 0 Å². The maximum atomic E-state index is 13.7. The first kappa shape index (κ1) is 29.6. The molecule has 0 radical (unpaired) electrons. The maximum Gasteiger partial charge on any atom is 0.251 e. The number of methoxy groups -OCH3 is 1. The molecule has 2 heterocycles. The number of carbonyl (C=O) groups excluding carboxylic acids is 3. The number of aromatic nitrogens is 1. The van der Waals surface area contributed by atoms with Crippen molar-refractivity contribution in [1.82, 2.24) is 19.9 Å². The Balaban J connectivity index is 1.59. The second-order valence-electron chi connectivity index (χ2n) is 9.53. The molecule has 4 N–H and O–H groups in total. The van der Waals surface area contributed by atoms with Crippen LogP contribution < -0.4 is 21.1 Å². The molecule has 0 bridgehead atoms. The van der Waals surface area contributed by atoms with E-state index in [1.807, 2.05) is 0 Å².